The van der Waals surface area contributed by atoms with Crippen molar-refractivity contribution >= 4 is 29.3 Å². The SMILES string of the molecule is C=CCSc1ccccc1NC(=O)CN1CCCC(N(C)CC(=O)O)CC1. The molecule has 6 nitrogen and oxygen atoms in total. The molecule has 1 aromatic carbocycles. The Morgan fingerprint density at radius 3 is 2.89 bits per heavy atom. The standard InChI is InChI=1S/C20H29N3O3S/c1-3-13-27-18-9-5-4-8-17(18)21-19(24)14-23-11-6-7-16(10-12-23)22(2)15-20(25)26/h3-5,8-9,16H,1,6-7,10-15H2,2H3,(H,21,24)(H,25,26). The summed E-state index contributed by atoms with van der Waals surface area (Å²) in [6.45, 7) is 5.81. The van der Waals surface area contributed by atoms with E-state index in [0.717, 1.165) is 48.7 Å². The highest BCUT2D eigenvalue weighted by Gasteiger charge is 2.22. The van der Waals surface area contributed by atoms with Crippen molar-refractivity contribution in [3.8, 4) is 0 Å². The second-order valence-corrected chi connectivity index (χ2v) is 7.88. The van der Waals surface area contributed by atoms with E-state index in [9.17, 15) is 9.59 Å². The second-order valence-electron chi connectivity index (χ2n) is 6.81. The van der Waals surface area contributed by atoms with Gasteiger partial charge in [0.1, 0.15) is 0 Å². The molecule has 0 aromatic heterocycles. The van der Waals surface area contributed by atoms with Gasteiger partial charge < -0.3 is 10.4 Å². The minimum atomic E-state index is -0.800. The molecule has 1 aliphatic heterocycles. The lowest BCUT2D eigenvalue weighted by atomic mass is 10.1. The normalized spacial score (nSPS) is 18.1. The lowest BCUT2D eigenvalue weighted by Crippen LogP contribution is -2.37. The Morgan fingerprint density at radius 2 is 2.15 bits per heavy atom. The number of hydrogen-bond donors (Lipinski definition) is 2. The monoisotopic (exact) mass is 391 g/mol. The minimum Gasteiger partial charge on any atom is -0.480 e. The van der Waals surface area contributed by atoms with Crippen LogP contribution < -0.4 is 5.32 Å². The maximum absolute atomic E-state index is 12.5. The van der Waals surface area contributed by atoms with Crippen molar-refractivity contribution in [1.29, 1.82) is 0 Å². The number of carbonyl (C=O) groups is 2. The molecule has 0 spiro atoms. The lowest BCUT2D eigenvalue weighted by molar-refractivity contribution is -0.138. The number of nitrogens with one attached hydrogen (secondary N) is 1. The number of likely N-dealkylation sites (N-methyl/N-ethyl adjacent to an activating group) is 1. The molecular formula is C20H29N3O3S. The van der Waals surface area contributed by atoms with Crippen molar-refractivity contribution in [2.45, 2.75) is 30.2 Å². The summed E-state index contributed by atoms with van der Waals surface area (Å²) in [5.41, 5.74) is 0.836. The van der Waals surface area contributed by atoms with Gasteiger partial charge in [0.05, 0.1) is 18.8 Å². The maximum atomic E-state index is 12.5. The molecule has 0 radical (unpaired) electrons. The molecule has 27 heavy (non-hydrogen) atoms. The van der Waals surface area contributed by atoms with E-state index in [0.29, 0.717) is 6.54 Å². The van der Waals surface area contributed by atoms with E-state index in [-0.39, 0.29) is 18.5 Å². The first-order valence-electron chi connectivity index (χ1n) is 9.26. The van der Waals surface area contributed by atoms with Gasteiger partial charge in [0.25, 0.3) is 0 Å². The molecule has 0 saturated carbocycles. The lowest BCUT2D eigenvalue weighted by Gasteiger charge is -2.25. The van der Waals surface area contributed by atoms with Crippen LogP contribution in [0.5, 0.6) is 0 Å². The van der Waals surface area contributed by atoms with E-state index in [1.165, 1.54) is 0 Å². The van der Waals surface area contributed by atoms with Gasteiger partial charge in [-0.2, -0.15) is 0 Å². The molecule has 1 aromatic rings. The molecule has 1 unspecified atom stereocenters. The number of hydrogen-bond acceptors (Lipinski definition) is 5. The van der Waals surface area contributed by atoms with Crippen LogP contribution in [0.1, 0.15) is 19.3 Å². The average Bonchev–Trinajstić information content (AvgIpc) is 2.86. The van der Waals surface area contributed by atoms with Crippen molar-refractivity contribution in [3.63, 3.8) is 0 Å². The van der Waals surface area contributed by atoms with Crippen LogP contribution in [0, 0.1) is 0 Å². The molecule has 1 heterocycles. The first-order valence-corrected chi connectivity index (χ1v) is 10.2. The van der Waals surface area contributed by atoms with E-state index < -0.39 is 5.97 Å². The van der Waals surface area contributed by atoms with Crippen LogP contribution in [0.3, 0.4) is 0 Å². The topological polar surface area (TPSA) is 72.9 Å². The zero-order valence-corrected chi connectivity index (χ0v) is 16.7. The minimum absolute atomic E-state index is 0.0148. The van der Waals surface area contributed by atoms with Crippen molar-refractivity contribution < 1.29 is 14.7 Å². The summed E-state index contributed by atoms with van der Waals surface area (Å²) in [7, 11) is 1.86. The summed E-state index contributed by atoms with van der Waals surface area (Å²) in [6, 6.07) is 8.05. The van der Waals surface area contributed by atoms with Gasteiger partial charge in [-0.15, -0.1) is 18.3 Å². The van der Waals surface area contributed by atoms with Gasteiger partial charge >= 0.3 is 5.97 Å². The van der Waals surface area contributed by atoms with Gasteiger partial charge in [0.15, 0.2) is 0 Å². The molecule has 0 aliphatic carbocycles. The van der Waals surface area contributed by atoms with Gasteiger partial charge in [-0.05, 0) is 45.0 Å². The predicted octanol–water partition coefficient (Wildman–Crippen LogP) is 2.77. The number of thioether (sulfide) groups is 1. The zero-order valence-electron chi connectivity index (χ0n) is 15.9. The van der Waals surface area contributed by atoms with Crippen LogP contribution in [-0.4, -0.2) is 71.8 Å². The van der Waals surface area contributed by atoms with Crippen LogP contribution in [0.25, 0.3) is 0 Å². The number of nitrogens with zero attached hydrogens (tertiary/aromatic N) is 2. The molecule has 2 N–H and O–H groups in total. The molecular weight excluding hydrogens is 362 g/mol. The molecule has 1 amide bonds. The number of carboxylic acids is 1. The Balaban J connectivity index is 1.86. The highest BCUT2D eigenvalue weighted by molar-refractivity contribution is 7.99. The zero-order chi connectivity index (χ0) is 19.6. The van der Waals surface area contributed by atoms with Crippen LogP contribution in [0.4, 0.5) is 5.69 Å². The highest BCUT2D eigenvalue weighted by Crippen LogP contribution is 2.27. The van der Waals surface area contributed by atoms with Gasteiger partial charge in [0.2, 0.25) is 5.91 Å². The van der Waals surface area contributed by atoms with Crippen LogP contribution >= 0.6 is 11.8 Å². The van der Waals surface area contributed by atoms with E-state index in [2.05, 4.69) is 16.8 Å². The number of carbonyl (C=O) groups excluding carboxylic acids is 1. The molecule has 1 aliphatic rings. The first-order chi connectivity index (χ1) is 13.0. The Kier molecular flexibility index (Phi) is 8.84. The summed E-state index contributed by atoms with van der Waals surface area (Å²) in [5.74, 6) is -0.0190. The van der Waals surface area contributed by atoms with Crippen LogP contribution in [0.15, 0.2) is 41.8 Å². The predicted molar refractivity (Wildman–Crippen MR) is 110 cm³/mol. The molecule has 148 valence electrons. The number of carboxylic acid groups (broad SMARTS) is 1. The molecule has 1 saturated heterocycles. The summed E-state index contributed by atoms with van der Waals surface area (Å²) in [6.07, 6.45) is 4.65. The fourth-order valence-corrected chi connectivity index (χ4v) is 4.06. The molecule has 2 rings (SSSR count). The van der Waals surface area contributed by atoms with Gasteiger partial charge in [-0.3, -0.25) is 19.4 Å². The Morgan fingerprint density at radius 1 is 1.37 bits per heavy atom. The van der Waals surface area contributed by atoms with Crippen molar-refractivity contribution in [1.82, 2.24) is 9.80 Å². The number of amides is 1. The highest BCUT2D eigenvalue weighted by atomic mass is 32.2. The number of aliphatic carboxylic acids is 1. The van der Waals surface area contributed by atoms with Gasteiger partial charge in [0, 0.05) is 23.2 Å². The quantitative estimate of drug-likeness (QED) is 0.498. The summed E-state index contributed by atoms with van der Waals surface area (Å²) >= 11 is 1.65. The summed E-state index contributed by atoms with van der Waals surface area (Å²) < 4.78 is 0. The summed E-state index contributed by atoms with van der Waals surface area (Å²) in [5, 5.41) is 12.0. The molecule has 7 heteroatoms. The Labute approximate surface area is 165 Å². The molecule has 0 bridgehead atoms. The number of rotatable bonds is 9. The smallest absolute Gasteiger partial charge is 0.317 e. The number of para-hydroxylation sites is 1. The summed E-state index contributed by atoms with van der Waals surface area (Å²) in [4.78, 5) is 28.5. The third-order valence-electron chi connectivity index (χ3n) is 4.68. The fraction of sp³-hybridized carbons (Fsp3) is 0.500. The van der Waals surface area contributed by atoms with Gasteiger partial charge in [-0.1, -0.05) is 18.2 Å². The van der Waals surface area contributed by atoms with E-state index in [1.54, 1.807) is 11.8 Å². The van der Waals surface area contributed by atoms with E-state index in [1.807, 2.05) is 42.3 Å². The number of anilines is 1. The number of likely N-dealkylation sites (tertiary alicyclic amines) is 1. The van der Waals surface area contributed by atoms with Crippen molar-refractivity contribution in [3.05, 3.63) is 36.9 Å². The molecule has 1 atom stereocenters. The van der Waals surface area contributed by atoms with Crippen LogP contribution in [-0.2, 0) is 9.59 Å². The second kappa shape index (κ2) is 11.1. The van der Waals surface area contributed by atoms with Crippen molar-refractivity contribution in [2.75, 3.05) is 44.3 Å². The van der Waals surface area contributed by atoms with E-state index in [4.69, 9.17) is 5.11 Å². The fourth-order valence-electron chi connectivity index (χ4n) is 3.32. The largest absolute Gasteiger partial charge is 0.480 e. The van der Waals surface area contributed by atoms with E-state index >= 15 is 0 Å². The van der Waals surface area contributed by atoms with Gasteiger partial charge in [-0.25, -0.2) is 0 Å². The number of benzene rings is 1. The van der Waals surface area contributed by atoms with Crippen LogP contribution in [0.2, 0.25) is 0 Å². The average molecular weight is 392 g/mol. The molecule has 1 fully saturated rings. The third-order valence-corrected chi connectivity index (χ3v) is 5.75. The third kappa shape index (κ3) is 7.36. The maximum Gasteiger partial charge on any atom is 0.317 e. The Hall–Kier alpha value is -1.83. The first kappa shape index (κ1) is 21.5. The van der Waals surface area contributed by atoms with Crippen molar-refractivity contribution in [2.24, 2.45) is 0 Å². The Bertz CT molecular complexity index is 653.